The van der Waals surface area contributed by atoms with Gasteiger partial charge in [-0.3, -0.25) is 9.59 Å². The molecule has 0 saturated heterocycles. The summed E-state index contributed by atoms with van der Waals surface area (Å²) in [7, 11) is 1.60. The fourth-order valence-electron chi connectivity index (χ4n) is 2.06. The van der Waals surface area contributed by atoms with Crippen LogP contribution >= 0.6 is 0 Å². The smallest absolute Gasteiger partial charge is 0.239 e. The monoisotopic (exact) mass is 322 g/mol. The Morgan fingerprint density at radius 2 is 1.65 bits per heavy atom. The molecule has 0 aliphatic carbocycles. The number of hydrogen-bond acceptors (Lipinski definition) is 4. The Morgan fingerprint density at radius 1 is 1.04 bits per heavy atom. The summed E-state index contributed by atoms with van der Waals surface area (Å²) < 4.78 is 10.6. The molecule has 128 valence electrons. The number of ether oxygens (including phenoxy) is 2. The second kappa shape index (κ2) is 10.5. The first-order valence-corrected chi connectivity index (χ1v) is 7.91. The molecule has 0 saturated carbocycles. The van der Waals surface area contributed by atoms with Crippen molar-refractivity contribution in [3.63, 3.8) is 0 Å². The van der Waals surface area contributed by atoms with Gasteiger partial charge < -0.3 is 20.1 Å². The molecule has 1 rings (SSSR count). The van der Waals surface area contributed by atoms with Gasteiger partial charge in [0.25, 0.3) is 0 Å². The van der Waals surface area contributed by atoms with Crippen LogP contribution in [-0.2, 0) is 9.59 Å². The molecule has 0 aliphatic rings. The van der Waals surface area contributed by atoms with Crippen LogP contribution < -0.4 is 20.1 Å². The van der Waals surface area contributed by atoms with Gasteiger partial charge in [0.2, 0.25) is 11.8 Å². The number of nitrogens with one attached hydrogen (secondary N) is 2. The van der Waals surface area contributed by atoms with Gasteiger partial charge in [0, 0.05) is 5.92 Å². The van der Waals surface area contributed by atoms with Crippen LogP contribution in [0.2, 0.25) is 0 Å². The predicted octanol–water partition coefficient (Wildman–Crippen LogP) is 1.74. The van der Waals surface area contributed by atoms with Crippen molar-refractivity contribution in [2.45, 2.75) is 26.7 Å². The van der Waals surface area contributed by atoms with Crippen LogP contribution in [0.15, 0.2) is 24.3 Å². The highest BCUT2D eigenvalue weighted by molar-refractivity contribution is 5.85. The van der Waals surface area contributed by atoms with Gasteiger partial charge in [0.15, 0.2) is 0 Å². The molecule has 0 spiro atoms. The van der Waals surface area contributed by atoms with E-state index in [1.807, 2.05) is 13.8 Å². The highest BCUT2D eigenvalue weighted by atomic mass is 16.5. The zero-order valence-electron chi connectivity index (χ0n) is 14.1. The maximum absolute atomic E-state index is 11.8. The Balaban J connectivity index is 2.17. The molecule has 1 aromatic carbocycles. The van der Waals surface area contributed by atoms with Crippen molar-refractivity contribution < 1.29 is 19.1 Å². The molecular weight excluding hydrogens is 296 g/mol. The molecule has 0 bridgehead atoms. The van der Waals surface area contributed by atoms with E-state index in [0.717, 1.165) is 18.6 Å². The fourth-order valence-corrected chi connectivity index (χ4v) is 2.06. The van der Waals surface area contributed by atoms with E-state index in [2.05, 4.69) is 10.6 Å². The summed E-state index contributed by atoms with van der Waals surface area (Å²) in [5.41, 5.74) is 0. The van der Waals surface area contributed by atoms with Crippen LogP contribution in [-0.4, -0.2) is 38.6 Å². The number of rotatable bonds is 10. The summed E-state index contributed by atoms with van der Waals surface area (Å²) in [6.45, 7) is 4.66. The van der Waals surface area contributed by atoms with Crippen LogP contribution in [0.5, 0.6) is 11.5 Å². The molecule has 0 fully saturated rings. The van der Waals surface area contributed by atoms with E-state index < -0.39 is 0 Å². The van der Waals surface area contributed by atoms with Gasteiger partial charge in [0.05, 0.1) is 20.2 Å². The molecule has 0 atom stereocenters. The van der Waals surface area contributed by atoms with Gasteiger partial charge in [0.1, 0.15) is 18.1 Å². The second-order valence-electron chi connectivity index (χ2n) is 5.11. The van der Waals surface area contributed by atoms with Crippen molar-refractivity contribution in [2.24, 2.45) is 5.92 Å². The molecule has 0 heterocycles. The number of benzene rings is 1. The quantitative estimate of drug-likeness (QED) is 0.643. The molecule has 23 heavy (non-hydrogen) atoms. The third kappa shape index (κ3) is 7.04. The Hall–Kier alpha value is -2.24. The molecule has 6 heteroatoms. The zero-order chi connectivity index (χ0) is 17.1. The molecule has 0 aliphatic heterocycles. The normalized spacial score (nSPS) is 10.3. The van der Waals surface area contributed by atoms with Gasteiger partial charge >= 0.3 is 0 Å². The maximum Gasteiger partial charge on any atom is 0.239 e. The first-order valence-electron chi connectivity index (χ1n) is 7.91. The van der Waals surface area contributed by atoms with E-state index in [9.17, 15) is 9.59 Å². The van der Waals surface area contributed by atoms with Crippen molar-refractivity contribution in [2.75, 3.05) is 26.8 Å². The van der Waals surface area contributed by atoms with Crippen LogP contribution in [0.1, 0.15) is 26.7 Å². The lowest BCUT2D eigenvalue weighted by molar-refractivity contribution is -0.128. The Morgan fingerprint density at radius 3 is 2.22 bits per heavy atom. The molecule has 1 aromatic rings. The summed E-state index contributed by atoms with van der Waals surface area (Å²) in [5, 5.41) is 5.35. The molecule has 2 amide bonds. The lowest BCUT2D eigenvalue weighted by atomic mass is 10.0. The maximum atomic E-state index is 11.8. The third-order valence-corrected chi connectivity index (χ3v) is 3.53. The Bertz CT molecular complexity index is 484. The molecule has 6 nitrogen and oxygen atoms in total. The van der Waals surface area contributed by atoms with Gasteiger partial charge in [-0.15, -0.1) is 0 Å². The highest BCUT2D eigenvalue weighted by Crippen LogP contribution is 2.16. The minimum atomic E-state index is -0.220. The summed E-state index contributed by atoms with van der Waals surface area (Å²) in [4.78, 5) is 23.4. The third-order valence-electron chi connectivity index (χ3n) is 3.53. The molecule has 0 aromatic heterocycles. The standard InChI is InChI=1S/C17H26N2O4/c1-4-13(5-2)17(21)19-12-16(20)18-10-11-23-15-8-6-14(22-3)7-9-15/h6-9,13H,4-5,10-12H2,1-3H3,(H,18,20)(H,19,21). The minimum Gasteiger partial charge on any atom is -0.497 e. The number of amides is 2. The number of carbonyl (C=O) groups is 2. The van der Waals surface area contributed by atoms with E-state index >= 15 is 0 Å². The average Bonchev–Trinajstić information content (AvgIpc) is 2.58. The first-order chi connectivity index (χ1) is 11.1. The molecule has 0 radical (unpaired) electrons. The average molecular weight is 322 g/mol. The largest absolute Gasteiger partial charge is 0.497 e. The summed E-state index contributed by atoms with van der Waals surface area (Å²) >= 11 is 0. The minimum absolute atomic E-state index is 0.00211. The summed E-state index contributed by atoms with van der Waals surface area (Å²) in [6, 6.07) is 7.22. The number of hydrogen-bond donors (Lipinski definition) is 2. The fraction of sp³-hybridized carbons (Fsp3) is 0.529. The van der Waals surface area contributed by atoms with E-state index in [0.29, 0.717) is 18.9 Å². The van der Waals surface area contributed by atoms with Crippen molar-refractivity contribution in [1.29, 1.82) is 0 Å². The summed E-state index contributed by atoms with van der Waals surface area (Å²) in [5.74, 6) is 1.16. The van der Waals surface area contributed by atoms with E-state index in [1.165, 1.54) is 0 Å². The van der Waals surface area contributed by atoms with Crippen molar-refractivity contribution in [3.8, 4) is 11.5 Å². The Kier molecular flexibility index (Phi) is 8.57. The van der Waals surface area contributed by atoms with Crippen molar-refractivity contribution >= 4 is 11.8 Å². The molecule has 2 N–H and O–H groups in total. The van der Waals surface area contributed by atoms with E-state index in [1.54, 1.807) is 31.4 Å². The van der Waals surface area contributed by atoms with Crippen LogP contribution in [0.25, 0.3) is 0 Å². The lowest BCUT2D eigenvalue weighted by Crippen LogP contribution is -2.40. The highest BCUT2D eigenvalue weighted by Gasteiger charge is 2.14. The molecular formula is C17H26N2O4. The number of methoxy groups -OCH3 is 1. The Labute approximate surface area is 137 Å². The van der Waals surface area contributed by atoms with Gasteiger partial charge in [-0.25, -0.2) is 0 Å². The summed E-state index contributed by atoms with van der Waals surface area (Å²) in [6.07, 6.45) is 1.55. The first kappa shape index (κ1) is 18.8. The van der Waals surface area contributed by atoms with Gasteiger partial charge in [-0.1, -0.05) is 13.8 Å². The SMILES string of the molecule is CCC(CC)C(=O)NCC(=O)NCCOc1ccc(OC)cc1. The van der Waals surface area contributed by atoms with Crippen molar-refractivity contribution in [3.05, 3.63) is 24.3 Å². The van der Waals surface area contributed by atoms with Crippen LogP contribution in [0.4, 0.5) is 0 Å². The lowest BCUT2D eigenvalue weighted by Gasteiger charge is -2.13. The van der Waals surface area contributed by atoms with Crippen LogP contribution in [0.3, 0.4) is 0 Å². The predicted molar refractivity (Wildman–Crippen MR) is 88.6 cm³/mol. The molecule has 0 unspecified atom stereocenters. The zero-order valence-corrected chi connectivity index (χ0v) is 14.1. The van der Waals surface area contributed by atoms with E-state index in [4.69, 9.17) is 9.47 Å². The van der Waals surface area contributed by atoms with Gasteiger partial charge in [-0.2, -0.15) is 0 Å². The van der Waals surface area contributed by atoms with Gasteiger partial charge in [-0.05, 0) is 37.1 Å². The second-order valence-corrected chi connectivity index (χ2v) is 5.11. The topological polar surface area (TPSA) is 76.7 Å². The van der Waals surface area contributed by atoms with Crippen molar-refractivity contribution in [1.82, 2.24) is 10.6 Å². The number of carbonyl (C=O) groups excluding carboxylic acids is 2. The van der Waals surface area contributed by atoms with Crippen LogP contribution in [0, 0.1) is 5.92 Å². The van der Waals surface area contributed by atoms with E-state index in [-0.39, 0.29) is 24.3 Å².